The summed E-state index contributed by atoms with van der Waals surface area (Å²) in [6.45, 7) is 5.94. The van der Waals surface area contributed by atoms with Crippen molar-refractivity contribution < 1.29 is 0 Å². The van der Waals surface area contributed by atoms with Gasteiger partial charge in [0.25, 0.3) is 0 Å². The smallest absolute Gasteiger partial charge is 0.191 e. The zero-order valence-electron chi connectivity index (χ0n) is 9.51. The average Bonchev–Trinajstić information content (AvgIpc) is 2.96. The molecule has 0 aromatic carbocycles. The fraction of sp³-hybridized carbons (Fsp3) is 0.500. The van der Waals surface area contributed by atoms with Crippen molar-refractivity contribution in [1.29, 1.82) is 0 Å². The van der Waals surface area contributed by atoms with Gasteiger partial charge in [-0.15, -0.1) is 10.2 Å². The predicted molar refractivity (Wildman–Crippen MR) is 59.5 cm³/mol. The number of hydrogen-bond donors (Lipinski definition) is 2. The first-order valence-electron chi connectivity index (χ1n) is 5.42. The molecule has 1 atom stereocenters. The van der Waals surface area contributed by atoms with Crippen molar-refractivity contribution in [2.45, 2.75) is 33.0 Å². The number of H-pyrrole nitrogens is 1. The van der Waals surface area contributed by atoms with Crippen LogP contribution in [0.15, 0.2) is 18.3 Å². The standard InChI is InChI=1S/C10H16N6/c1-3-16-6-4-5-9(16)7-11-8(2)10-12-14-15-13-10/h4-6,8,11H,3,7H2,1-2H3,(H,12,13,14,15). The number of nitrogens with zero attached hydrogens (tertiary/aromatic N) is 4. The van der Waals surface area contributed by atoms with Gasteiger partial charge in [-0.05, 0) is 26.0 Å². The maximum atomic E-state index is 3.94. The summed E-state index contributed by atoms with van der Waals surface area (Å²) in [4.78, 5) is 0. The van der Waals surface area contributed by atoms with Crippen molar-refractivity contribution in [2.75, 3.05) is 0 Å². The summed E-state index contributed by atoms with van der Waals surface area (Å²) < 4.78 is 2.20. The zero-order chi connectivity index (χ0) is 11.4. The van der Waals surface area contributed by atoms with E-state index in [-0.39, 0.29) is 6.04 Å². The van der Waals surface area contributed by atoms with Crippen molar-refractivity contribution in [3.63, 3.8) is 0 Å². The number of nitrogens with one attached hydrogen (secondary N) is 2. The highest BCUT2D eigenvalue weighted by molar-refractivity contribution is 5.07. The minimum absolute atomic E-state index is 0.0963. The minimum atomic E-state index is 0.0963. The van der Waals surface area contributed by atoms with Gasteiger partial charge in [0.2, 0.25) is 0 Å². The Kier molecular flexibility index (Phi) is 3.31. The average molecular weight is 220 g/mol. The van der Waals surface area contributed by atoms with Crippen LogP contribution in [0.2, 0.25) is 0 Å². The third-order valence-electron chi connectivity index (χ3n) is 2.60. The molecular weight excluding hydrogens is 204 g/mol. The van der Waals surface area contributed by atoms with E-state index in [0.717, 1.165) is 13.1 Å². The molecule has 1 unspecified atom stereocenters. The molecule has 0 aliphatic rings. The van der Waals surface area contributed by atoms with Gasteiger partial charge in [-0.3, -0.25) is 0 Å². The van der Waals surface area contributed by atoms with Crippen molar-refractivity contribution in [2.24, 2.45) is 0 Å². The monoisotopic (exact) mass is 220 g/mol. The van der Waals surface area contributed by atoms with Crippen molar-refractivity contribution >= 4 is 0 Å². The van der Waals surface area contributed by atoms with Gasteiger partial charge >= 0.3 is 0 Å². The van der Waals surface area contributed by atoms with Crippen molar-refractivity contribution in [3.8, 4) is 0 Å². The van der Waals surface area contributed by atoms with E-state index in [1.807, 2.05) is 6.92 Å². The third kappa shape index (κ3) is 2.27. The zero-order valence-corrected chi connectivity index (χ0v) is 9.51. The molecule has 0 radical (unpaired) electrons. The second-order valence-corrected chi connectivity index (χ2v) is 3.66. The molecule has 0 aliphatic heterocycles. The van der Waals surface area contributed by atoms with Gasteiger partial charge < -0.3 is 9.88 Å². The lowest BCUT2D eigenvalue weighted by Crippen LogP contribution is -2.20. The Morgan fingerprint density at radius 2 is 2.44 bits per heavy atom. The van der Waals surface area contributed by atoms with E-state index in [2.05, 4.69) is 55.8 Å². The fourth-order valence-electron chi connectivity index (χ4n) is 1.62. The van der Waals surface area contributed by atoms with Crippen LogP contribution in [0.25, 0.3) is 0 Å². The molecule has 2 N–H and O–H groups in total. The summed E-state index contributed by atoms with van der Waals surface area (Å²) in [7, 11) is 0. The van der Waals surface area contributed by atoms with Crippen LogP contribution in [-0.4, -0.2) is 25.2 Å². The molecule has 86 valence electrons. The van der Waals surface area contributed by atoms with E-state index in [1.165, 1.54) is 5.69 Å². The Labute approximate surface area is 94.1 Å². The van der Waals surface area contributed by atoms with Crippen LogP contribution >= 0.6 is 0 Å². The molecule has 0 spiro atoms. The quantitative estimate of drug-likeness (QED) is 0.784. The molecule has 16 heavy (non-hydrogen) atoms. The predicted octanol–water partition coefficient (Wildman–Crippen LogP) is 0.872. The van der Waals surface area contributed by atoms with E-state index in [1.54, 1.807) is 0 Å². The van der Waals surface area contributed by atoms with Gasteiger partial charge in [0.15, 0.2) is 5.82 Å². The summed E-state index contributed by atoms with van der Waals surface area (Å²) >= 11 is 0. The minimum Gasteiger partial charge on any atom is -0.351 e. The maximum Gasteiger partial charge on any atom is 0.191 e. The second-order valence-electron chi connectivity index (χ2n) is 3.66. The van der Waals surface area contributed by atoms with Crippen LogP contribution in [0.5, 0.6) is 0 Å². The first-order valence-corrected chi connectivity index (χ1v) is 5.42. The summed E-state index contributed by atoms with van der Waals surface area (Å²) in [5, 5.41) is 17.2. The molecule has 0 amide bonds. The Bertz CT molecular complexity index is 418. The Morgan fingerprint density at radius 1 is 1.56 bits per heavy atom. The summed E-state index contributed by atoms with van der Waals surface area (Å²) in [5.74, 6) is 0.689. The number of aromatic nitrogens is 5. The summed E-state index contributed by atoms with van der Waals surface area (Å²) in [6.07, 6.45) is 2.08. The Balaban J connectivity index is 1.92. The molecule has 6 heteroatoms. The third-order valence-corrected chi connectivity index (χ3v) is 2.60. The largest absolute Gasteiger partial charge is 0.351 e. The highest BCUT2D eigenvalue weighted by Crippen LogP contribution is 2.07. The molecule has 0 bridgehead atoms. The second kappa shape index (κ2) is 4.89. The number of aromatic amines is 1. The Morgan fingerprint density at radius 3 is 3.12 bits per heavy atom. The molecule has 0 fully saturated rings. The van der Waals surface area contributed by atoms with Crippen LogP contribution in [0, 0.1) is 0 Å². The van der Waals surface area contributed by atoms with Gasteiger partial charge in [0, 0.05) is 25.0 Å². The molecule has 0 aliphatic carbocycles. The number of rotatable bonds is 5. The molecule has 0 saturated carbocycles. The lowest BCUT2D eigenvalue weighted by Gasteiger charge is -2.11. The first kappa shape index (κ1) is 10.8. The van der Waals surface area contributed by atoms with E-state index < -0.39 is 0 Å². The molecule has 2 aromatic heterocycles. The SMILES string of the molecule is CCn1cccc1CNC(C)c1nn[nH]n1. The van der Waals surface area contributed by atoms with E-state index in [0.29, 0.717) is 5.82 Å². The van der Waals surface area contributed by atoms with Crippen LogP contribution in [0.4, 0.5) is 0 Å². The molecular formula is C10H16N6. The topological polar surface area (TPSA) is 71.4 Å². The van der Waals surface area contributed by atoms with Gasteiger partial charge in [-0.1, -0.05) is 5.21 Å². The maximum absolute atomic E-state index is 3.94. The summed E-state index contributed by atoms with van der Waals surface area (Å²) in [6, 6.07) is 4.26. The highest BCUT2D eigenvalue weighted by atomic mass is 15.5. The summed E-state index contributed by atoms with van der Waals surface area (Å²) in [5.41, 5.74) is 1.26. The van der Waals surface area contributed by atoms with E-state index >= 15 is 0 Å². The number of aryl methyl sites for hydroxylation is 1. The van der Waals surface area contributed by atoms with Crippen molar-refractivity contribution in [1.82, 2.24) is 30.5 Å². The van der Waals surface area contributed by atoms with Crippen molar-refractivity contribution in [3.05, 3.63) is 29.8 Å². The molecule has 6 nitrogen and oxygen atoms in total. The first-order chi connectivity index (χ1) is 7.81. The van der Waals surface area contributed by atoms with Crippen LogP contribution in [0.1, 0.15) is 31.4 Å². The fourth-order valence-corrected chi connectivity index (χ4v) is 1.62. The number of tetrazole rings is 1. The number of hydrogen-bond acceptors (Lipinski definition) is 4. The highest BCUT2D eigenvalue weighted by Gasteiger charge is 2.09. The van der Waals surface area contributed by atoms with Gasteiger partial charge in [-0.2, -0.15) is 5.21 Å². The van der Waals surface area contributed by atoms with E-state index in [4.69, 9.17) is 0 Å². The molecule has 2 rings (SSSR count). The molecule has 0 saturated heterocycles. The lowest BCUT2D eigenvalue weighted by molar-refractivity contribution is 0.527. The lowest BCUT2D eigenvalue weighted by atomic mass is 10.3. The van der Waals surface area contributed by atoms with Crippen LogP contribution < -0.4 is 5.32 Å². The Hall–Kier alpha value is -1.69. The molecule has 2 heterocycles. The molecule has 2 aromatic rings. The van der Waals surface area contributed by atoms with Crippen LogP contribution in [0.3, 0.4) is 0 Å². The van der Waals surface area contributed by atoms with Gasteiger partial charge in [0.1, 0.15) is 0 Å². The van der Waals surface area contributed by atoms with E-state index in [9.17, 15) is 0 Å². The normalized spacial score (nSPS) is 12.9. The van der Waals surface area contributed by atoms with Gasteiger partial charge in [-0.25, -0.2) is 0 Å². The van der Waals surface area contributed by atoms with Crippen LogP contribution in [-0.2, 0) is 13.1 Å². The van der Waals surface area contributed by atoms with Gasteiger partial charge in [0.05, 0.1) is 6.04 Å².